The Morgan fingerprint density at radius 2 is 2.06 bits per heavy atom. The number of anilines is 1. The van der Waals surface area contributed by atoms with Gasteiger partial charge >= 0.3 is 0 Å². The van der Waals surface area contributed by atoms with Gasteiger partial charge in [0, 0.05) is 19.3 Å². The molecule has 18 heavy (non-hydrogen) atoms. The van der Waals surface area contributed by atoms with Crippen molar-refractivity contribution < 1.29 is 0 Å². The van der Waals surface area contributed by atoms with Gasteiger partial charge in [0.2, 0.25) is 0 Å². The fraction of sp³-hybridized carbons (Fsp3) is 0.625. The highest BCUT2D eigenvalue weighted by molar-refractivity contribution is 5.47. The number of rotatable bonds is 8. The lowest BCUT2D eigenvalue weighted by atomic mass is 9.96. The van der Waals surface area contributed by atoms with Crippen molar-refractivity contribution in [3.63, 3.8) is 0 Å². The summed E-state index contributed by atoms with van der Waals surface area (Å²) in [5.41, 5.74) is 8.28. The zero-order valence-electron chi connectivity index (χ0n) is 12.2. The molecule has 1 atom stereocenters. The molecule has 2 heteroatoms. The van der Waals surface area contributed by atoms with E-state index in [2.05, 4.69) is 50.1 Å². The summed E-state index contributed by atoms with van der Waals surface area (Å²) in [6, 6.07) is 8.71. The fourth-order valence-corrected chi connectivity index (χ4v) is 2.40. The fourth-order valence-electron chi connectivity index (χ4n) is 2.40. The lowest BCUT2D eigenvalue weighted by molar-refractivity contribution is 0.431. The van der Waals surface area contributed by atoms with Crippen molar-refractivity contribution in [3.05, 3.63) is 29.8 Å². The maximum atomic E-state index is 5.63. The van der Waals surface area contributed by atoms with Crippen LogP contribution in [-0.2, 0) is 0 Å². The minimum absolute atomic E-state index is 0.806. The van der Waals surface area contributed by atoms with Gasteiger partial charge in [0.15, 0.2) is 0 Å². The first-order valence-corrected chi connectivity index (χ1v) is 7.15. The summed E-state index contributed by atoms with van der Waals surface area (Å²) in [6.07, 6.45) is 4.98. The van der Waals surface area contributed by atoms with Crippen molar-refractivity contribution >= 4 is 5.69 Å². The van der Waals surface area contributed by atoms with Crippen LogP contribution in [0.4, 0.5) is 5.69 Å². The Hall–Kier alpha value is -1.02. The van der Waals surface area contributed by atoms with Crippen LogP contribution in [0.2, 0.25) is 0 Å². The summed E-state index contributed by atoms with van der Waals surface area (Å²) in [4.78, 5) is 2.35. The average Bonchev–Trinajstić information content (AvgIpc) is 2.37. The van der Waals surface area contributed by atoms with E-state index in [0.717, 1.165) is 19.0 Å². The molecule has 1 rings (SSSR count). The number of hydrogen-bond donors (Lipinski definition) is 1. The third-order valence-electron chi connectivity index (χ3n) is 3.70. The third-order valence-corrected chi connectivity index (χ3v) is 3.70. The van der Waals surface area contributed by atoms with Crippen molar-refractivity contribution in [2.45, 2.75) is 39.5 Å². The molecule has 0 saturated heterocycles. The molecule has 0 spiro atoms. The minimum atomic E-state index is 0.806. The van der Waals surface area contributed by atoms with Gasteiger partial charge in [-0.1, -0.05) is 25.5 Å². The normalized spacial score (nSPS) is 12.4. The van der Waals surface area contributed by atoms with Crippen LogP contribution < -0.4 is 10.6 Å². The molecular formula is C16H28N2. The maximum absolute atomic E-state index is 5.63. The van der Waals surface area contributed by atoms with E-state index in [1.54, 1.807) is 0 Å². The maximum Gasteiger partial charge on any atom is 0.0366 e. The van der Waals surface area contributed by atoms with Crippen LogP contribution >= 0.6 is 0 Å². The number of nitrogens with two attached hydrogens (primary N) is 1. The summed E-state index contributed by atoms with van der Waals surface area (Å²) in [7, 11) is 2.18. The van der Waals surface area contributed by atoms with E-state index in [9.17, 15) is 0 Å². The molecular weight excluding hydrogens is 220 g/mol. The molecule has 1 unspecified atom stereocenters. The second-order valence-corrected chi connectivity index (χ2v) is 5.25. The number of nitrogens with zero attached hydrogens (tertiary/aromatic N) is 1. The Balaban J connectivity index is 2.34. The molecule has 0 aliphatic rings. The molecule has 0 saturated carbocycles. The largest absolute Gasteiger partial charge is 0.375 e. The molecule has 0 bridgehead atoms. The molecule has 1 aromatic carbocycles. The molecule has 0 aliphatic heterocycles. The number of benzene rings is 1. The Morgan fingerprint density at radius 3 is 2.67 bits per heavy atom. The monoisotopic (exact) mass is 248 g/mol. The van der Waals surface area contributed by atoms with Crippen LogP contribution in [0.1, 0.15) is 38.2 Å². The van der Waals surface area contributed by atoms with Gasteiger partial charge in [-0.15, -0.1) is 0 Å². The second kappa shape index (κ2) is 8.15. The number of aryl methyl sites for hydroxylation is 1. The predicted octanol–water partition coefficient (Wildman–Crippen LogP) is 3.59. The van der Waals surface area contributed by atoms with Gasteiger partial charge in [-0.25, -0.2) is 0 Å². The van der Waals surface area contributed by atoms with E-state index < -0.39 is 0 Å². The summed E-state index contributed by atoms with van der Waals surface area (Å²) in [5, 5.41) is 0. The molecule has 2 nitrogen and oxygen atoms in total. The standard InChI is InChI=1S/C16H28N2/c1-4-15(10-11-17)8-6-12-18(3)16-9-5-7-14(2)13-16/h5,7,9,13,15H,4,6,8,10-12,17H2,1-3H3. The molecule has 0 aliphatic carbocycles. The highest BCUT2D eigenvalue weighted by atomic mass is 15.1. The average molecular weight is 248 g/mol. The molecule has 0 radical (unpaired) electrons. The van der Waals surface area contributed by atoms with Gasteiger partial charge in [0.1, 0.15) is 0 Å². The van der Waals surface area contributed by atoms with E-state index in [0.29, 0.717) is 0 Å². The molecule has 0 fully saturated rings. The Morgan fingerprint density at radius 1 is 1.28 bits per heavy atom. The lowest BCUT2D eigenvalue weighted by Gasteiger charge is -2.21. The van der Waals surface area contributed by atoms with E-state index >= 15 is 0 Å². The summed E-state index contributed by atoms with van der Waals surface area (Å²) in [6.45, 7) is 6.37. The predicted molar refractivity (Wildman–Crippen MR) is 81.1 cm³/mol. The molecule has 0 amide bonds. The highest BCUT2D eigenvalue weighted by Gasteiger charge is 2.06. The molecule has 0 aromatic heterocycles. The highest BCUT2D eigenvalue weighted by Crippen LogP contribution is 2.18. The van der Waals surface area contributed by atoms with Gasteiger partial charge in [0.25, 0.3) is 0 Å². The summed E-state index contributed by atoms with van der Waals surface area (Å²) >= 11 is 0. The Labute approximate surface area is 112 Å². The number of hydrogen-bond acceptors (Lipinski definition) is 2. The molecule has 102 valence electrons. The topological polar surface area (TPSA) is 29.3 Å². The van der Waals surface area contributed by atoms with Gasteiger partial charge in [0.05, 0.1) is 0 Å². The van der Waals surface area contributed by atoms with Crippen LogP contribution in [0, 0.1) is 12.8 Å². The lowest BCUT2D eigenvalue weighted by Crippen LogP contribution is -2.19. The van der Waals surface area contributed by atoms with Crippen LogP contribution in [0.3, 0.4) is 0 Å². The zero-order valence-corrected chi connectivity index (χ0v) is 12.2. The zero-order chi connectivity index (χ0) is 13.4. The van der Waals surface area contributed by atoms with E-state index in [1.165, 1.54) is 36.9 Å². The summed E-state index contributed by atoms with van der Waals surface area (Å²) in [5.74, 6) is 0.806. The second-order valence-electron chi connectivity index (χ2n) is 5.25. The molecule has 2 N–H and O–H groups in total. The van der Waals surface area contributed by atoms with Crippen molar-refractivity contribution in [2.75, 3.05) is 25.0 Å². The van der Waals surface area contributed by atoms with E-state index in [-0.39, 0.29) is 0 Å². The Bertz CT molecular complexity index is 336. The SMILES string of the molecule is CCC(CCN)CCCN(C)c1cccc(C)c1. The molecule has 1 aromatic rings. The van der Waals surface area contributed by atoms with Crippen LogP contribution in [0.5, 0.6) is 0 Å². The van der Waals surface area contributed by atoms with Crippen molar-refractivity contribution in [2.24, 2.45) is 11.7 Å². The van der Waals surface area contributed by atoms with Crippen LogP contribution in [0.15, 0.2) is 24.3 Å². The van der Waals surface area contributed by atoms with E-state index in [4.69, 9.17) is 5.73 Å². The van der Waals surface area contributed by atoms with Gasteiger partial charge in [-0.2, -0.15) is 0 Å². The van der Waals surface area contributed by atoms with Gasteiger partial charge in [-0.3, -0.25) is 0 Å². The quantitative estimate of drug-likeness (QED) is 0.762. The van der Waals surface area contributed by atoms with Crippen molar-refractivity contribution in [3.8, 4) is 0 Å². The first-order chi connectivity index (χ1) is 8.67. The van der Waals surface area contributed by atoms with E-state index in [1.807, 2.05) is 0 Å². The first kappa shape index (κ1) is 15.0. The van der Waals surface area contributed by atoms with Crippen LogP contribution in [0.25, 0.3) is 0 Å². The first-order valence-electron chi connectivity index (χ1n) is 7.15. The van der Waals surface area contributed by atoms with Crippen molar-refractivity contribution in [1.29, 1.82) is 0 Å². The summed E-state index contributed by atoms with van der Waals surface area (Å²) < 4.78 is 0. The third kappa shape index (κ3) is 5.09. The van der Waals surface area contributed by atoms with Gasteiger partial charge in [-0.05, 0) is 56.3 Å². The molecule has 0 heterocycles. The smallest absolute Gasteiger partial charge is 0.0366 e. The van der Waals surface area contributed by atoms with Gasteiger partial charge < -0.3 is 10.6 Å². The van der Waals surface area contributed by atoms with Crippen molar-refractivity contribution in [1.82, 2.24) is 0 Å². The Kier molecular flexibility index (Phi) is 6.81. The van der Waals surface area contributed by atoms with Crippen LogP contribution in [-0.4, -0.2) is 20.1 Å². The minimum Gasteiger partial charge on any atom is -0.375 e.